The second-order valence-electron chi connectivity index (χ2n) is 7.37. The molecule has 1 aromatic heterocycles. The zero-order chi connectivity index (χ0) is 21.8. The molecule has 0 radical (unpaired) electrons. The highest BCUT2D eigenvalue weighted by molar-refractivity contribution is 6.15. The number of rotatable bonds is 9. The van der Waals surface area contributed by atoms with Crippen molar-refractivity contribution >= 4 is 11.7 Å². The fraction of sp³-hybridized carbons (Fsp3) is 0.304. The topological polar surface area (TPSA) is 83.2 Å². The number of likely N-dealkylation sites (N-methyl/N-ethyl adjacent to an activating group) is 1. The molecule has 3 rings (SSSR count). The van der Waals surface area contributed by atoms with Crippen LogP contribution in [-0.2, 0) is 4.79 Å². The number of nitrogens with zero attached hydrogens (tertiary/aromatic N) is 2. The van der Waals surface area contributed by atoms with E-state index in [1.54, 1.807) is 49.4 Å². The third-order valence-corrected chi connectivity index (χ3v) is 4.86. The molecule has 30 heavy (non-hydrogen) atoms. The first-order valence-electron chi connectivity index (χ1n) is 9.67. The van der Waals surface area contributed by atoms with Crippen LogP contribution in [0.1, 0.15) is 27.9 Å². The Morgan fingerprint density at radius 2 is 1.97 bits per heavy atom. The van der Waals surface area contributed by atoms with Crippen molar-refractivity contribution in [1.82, 2.24) is 9.80 Å². The van der Waals surface area contributed by atoms with Crippen LogP contribution in [0.5, 0.6) is 5.75 Å². The molecule has 1 aliphatic heterocycles. The molecule has 1 atom stereocenters. The van der Waals surface area contributed by atoms with Gasteiger partial charge in [0.25, 0.3) is 5.91 Å². The van der Waals surface area contributed by atoms with E-state index in [4.69, 9.17) is 9.15 Å². The normalized spacial score (nSPS) is 16.5. The number of ketones is 1. The van der Waals surface area contributed by atoms with Crippen LogP contribution >= 0.6 is 0 Å². The standard InChI is InChI=1S/C23H26N2O5/c1-5-14-29-17-9-7-16(8-10-17)20-19(21(26)18-11-6-15(2)30-18)22(27)23(28)25(20)13-12-24(3)4/h5-11,20,27H,1,12-14H2,2-4H3. The van der Waals surface area contributed by atoms with E-state index >= 15 is 0 Å². The highest BCUT2D eigenvalue weighted by Gasteiger charge is 2.44. The maximum atomic E-state index is 13.2. The number of aryl methyl sites for hydroxylation is 1. The minimum absolute atomic E-state index is 0.0212. The molecule has 1 amide bonds. The number of carbonyl (C=O) groups excluding carboxylic acids is 2. The molecule has 158 valence electrons. The zero-order valence-electron chi connectivity index (χ0n) is 17.4. The number of benzene rings is 1. The van der Waals surface area contributed by atoms with Crippen molar-refractivity contribution < 1.29 is 23.8 Å². The average Bonchev–Trinajstić information content (AvgIpc) is 3.26. The molecular weight excluding hydrogens is 384 g/mol. The SMILES string of the molecule is C=CCOc1ccc(C2C(C(=O)c3ccc(C)o3)=C(O)C(=O)N2CCN(C)C)cc1. The average molecular weight is 410 g/mol. The smallest absolute Gasteiger partial charge is 0.290 e. The molecule has 0 saturated carbocycles. The van der Waals surface area contributed by atoms with Crippen molar-refractivity contribution in [3.63, 3.8) is 0 Å². The third kappa shape index (κ3) is 4.31. The fourth-order valence-electron chi connectivity index (χ4n) is 3.36. The number of ether oxygens (including phenoxy) is 1. The summed E-state index contributed by atoms with van der Waals surface area (Å²) >= 11 is 0. The van der Waals surface area contributed by atoms with Gasteiger partial charge in [0.2, 0.25) is 5.78 Å². The van der Waals surface area contributed by atoms with E-state index in [1.165, 1.54) is 4.90 Å². The van der Waals surface area contributed by atoms with Crippen molar-refractivity contribution in [2.45, 2.75) is 13.0 Å². The van der Waals surface area contributed by atoms with Crippen molar-refractivity contribution in [2.24, 2.45) is 0 Å². The Hall–Kier alpha value is -3.32. The van der Waals surface area contributed by atoms with Gasteiger partial charge in [0, 0.05) is 13.1 Å². The van der Waals surface area contributed by atoms with E-state index in [9.17, 15) is 14.7 Å². The lowest BCUT2D eigenvalue weighted by molar-refractivity contribution is -0.129. The van der Waals surface area contributed by atoms with Crippen LogP contribution < -0.4 is 4.74 Å². The number of carbonyl (C=O) groups is 2. The number of aliphatic hydroxyl groups excluding tert-OH is 1. The largest absolute Gasteiger partial charge is 0.503 e. The van der Waals surface area contributed by atoms with Gasteiger partial charge in [0.1, 0.15) is 18.1 Å². The van der Waals surface area contributed by atoms with E-state index in [-0.39, 0.29) is 11.3 Å². The second-order valence-corrected chi connectivity index (χ2v) is 7.37. The molecule has 7 heteroatoms. The number of Topliss-reactive ketones (excluding diaryl/α,β-unsaturated/α-hetero) is 1. The van der Waals surface area contributed by atoms with Crippen LogP contribution in [0, 0.1) is 6.92 Å². The van der Waals surface area contributed by atoms with Crippen LogP contribution in [0.4, 0.5) is 0 Å². The van der Waals surface area contributed by atoms with Gasteiger partial charge in [-0.05, 0) is 50.8 Å². The molecule has 1 N–H and O–H groups in total. The first-order chi connectivity index (χ1) is 14.3. The van der Waals surface area contributed by atoms with Gasteiger partial charge in [0.15, 0.2) is 11.5 Å². The summed E-state index contributed by atoms with van der Waals surface area (Å²) in [6.45, 7) is 6.66. The molecule has 0 spiro atoms. The van der Waals surface area contributed by atoms with Crippen LogP contribution in [0.15, 0.2) is 64.8 Å². The molecule has 1 aromatic carbocycles. The lowest BCUT2D eigenvalue weighted by Gasteiger charge is -2.28. The van der Waals surface area contributed by atoms with Crippen LogP contribution in [-0.4, -0.2) is 60.4 Å². The summed E-state index contributed by atoms with van der Waals surface area (Å²) in [5.41, 5.74) is 0.719. The van der Waals surface area contributed by atoms with Gasteiger partial charge in [-0.1, -0.05) is 24.8 Å². The van der Waals surface area contributed by atoms with Crippen molar-refractivity contribution in [2.75, 3.05) is 33.8 Å². The fourth-order valence-corrected chi connectivity index (χ4v) is 3.36. The minimum Gasteiger partial charge on any atom is -0.503 e. The van der Waals surface area contributed by atoms with Gasteiger partial charge in [-0.3, -0.25) is 9.59 Å². The Morgan fingerprint density at radius 3 is 2.53 bits per heavy atom. The van der Waals surface area contributed by atoms with E-state index in [0.29, 0.717) is 36.8 Å². The maximum absolute atomic E-state index is 13.2. The Morgan fingerprint density at radius 1 is 1.27 bits per heavy atom. The molecule has 1 aliphatic rings. The van der Waals surface area contributed by atoms with Crippen LogP contribution in [0.2, 0.25) is 0 Å². The highest BCUT2D eigenvalue weighted by Crippen LogP contribution is 2.39. The number of hydrogen-bond donors (Lipinski definition) is 1. The molecule has 0 bridgehead atoms. The second kappa shape index (κ2) is 9.00. The molecule has 2 heterocycles. The predicted octanol–water partition coefficient (Wildman–Crippen LogP) is 3.29. The molecule has 1 unspecified atom stereocenters. The van der Waals surface area contributed by atoms with E-state index < -0.39 is 23.5 Å². The van der Waals surface area contributed by atoms with E-state index in [2.05, 4.69) is 6.58 Å². The summed E-state index contributed by atoms with van der Waals surface area (Å²) < 4.78 is 11.0. The van der Waals surface area contributed by atoms with Crippen molar-refractivity contribution in [3.8, 4) is 5.75 Å². The minimum atomic E-state index is -0.719. The molecular formula is C23H26N2O5. The number of aliphatic hydroxyl groups is 1. The molecule has 0 fully saturated rings. The summed E-state index contributed by atoms with van der Waals surface area (Å²) in [5, 5.41) is 10.6. The summed E-state index contributed by atoms with van der Waals surface area (Å²) in [6.07, 6.45) is 1.65. The first kappa shape index (κ1) is 21.4. The number of furan rings is 1. The zero-order valence-corrected chi connectivity index (χ0v) is 17.4. The Bertz CT molecular complexity index is 972. The highest BCUT2D eigenvalue weighted by atomic mass is 16.5. The summed E-state index contributed by atoms with van der Waals surface area (Å²) in [4.78, 5) is 29.4. The van der Waals surface area contributed by atoms with E-state index in [1.807, 2.05) is 19.0 Å². The Kier molecular flexibility index (Phi) is 6.42. The third-order valence-electron chi connectivity index (χ3n) is 4.86. The van der Waals surface area contributed by atoms with Gasteiger partial charge >= 0.3 is 0 Å². The molecule has 0 aliphatic carbocycles. The van der Waals surface area contributed by atoms with Gasteiger partial charge in [-0.15, -0.1) is 0 Å². The van der Waals surface area contributed by atoms with Gasteiger partial charge in [-0.25, -0.2) is 0 Å². The molecule has 0 saturated heterocycles. The van der Waals surface area contributed by atoms with Crippen LogP contribution in [0.3, 0.4) is 0 Å². The summed E-state index contributed by atoms with van der Waals surface area (Å²) in [7, 11) is 3.79. The number of amides is 1. The van der Waals surface area contributed by atoms with Crippen LogP contribution in [0.25, 0.3) is 0 Å². The lowest BCUT2D eigenvalue weighted by atomic mass is 9.95. The van der Waals surface area contributed by atoms with E-state index in [0.717, 1.165) is 0 Å². The first-order valence-corrected chi connectivity index (χ1v) is 9.67. The predicted molar refractivity (Wildman–Crippen MR) is 113 cm³/mol. The van der Waals surface area contributed by atoms with Crippen molar-refractivity contribution in [3.05, 3.63) is 77.5 Å². The lowest BCUT2D eigenvalue weighted by Crippen LogP contribution is -2.36. The van der Waals surface area contributed by atoms with Crippen molar-refractivity contribution in [1.29, 1.82) is 0 Å². The Balaban J connectivity index is 2.00. The molecule has 7 nitrogen and oxygen atoms in total. The summed E-state index contributed by atoms with van der Waals surface area (Å²) in [6, 6.07) is 9.62. The summed E-state index contributed by atoms with van der Waals surface area (Å²) in [5.74, 6) is -0.297. The molecule has 2 aromatic rings. The monoisotopic (exact) mass is 410 g/mol. The quantitative estimate of drug-likeness (QED) is 0.505. The maximum Gasteiger partial charge on any atom is 0.290 e. The van der Waals surface area contributed by atoms with Gasteiger partial charge in [0.05, 0.1) is 11.6 Å². The Labute approximate surface area is 175 Å². The van der Waals surface area contributed by atoms with Gasteiger partial charge in [-0.2, -0.15) is 0 Å². The van der Waals surface area contributed by atoms with Gasteiger partial charge < -0.3 is 24.1 Å². The number of hydrogen-bond acceptors (Lipinski definition) is 6.